The van der Waals surface area contributed by atoms with Crippen molar-refractivity contribution in [1.29, 1.82) is 0 Å². The molecule has 6 nitrogen and oxygen atoms in total. The lowest BCUT2D eigenvalue weighted by Crippen LogP contribution is -2.49. The van der Waals surface area contributed by atoms with E-state index in [9.17, 15) is 14.7 Å². The van der Waals surface area contributed by atoms with Crippen molar-refractivity contribution >= 4 is 12.1 Å². The third-order valence-corrected chi connectivity index (χ3v) is 3.84. The molecular weight excluding hydrogens is 286 g/mol. The maximum absolute atomic E-state index is 11.9. The highest BCUT2D eigenvalue weighted by atomic mass is 16.6. The second kappa shape index (κ2) is 8.36. The Labute approximate surface area is 132 Å². The molecule has 0 radical (unpaired) electrons. The number of esters is 1. The normalized spacial score (nSPS) is 19.1. The van der Waals surface area contributed by atoms with Crippen molar-refractivity contribution in [3.05, 3.63) is 0 Å². The third kappa shape index (κ3) is 6.64. The number of alkyl carbamates (subject to hydrolysis) is 1. The molecule has 1 amide bonds. The molecule has 1 aliphatic rings. The molecule has 1 saturated carbocycles. The number of nitrogens with one attached hydrogen (secondary N) is 1. The molecule has 0 unspecified atom stereocenters. The highest BCUT2D eigenvalue weighted by Crippen LogP contribution is 2.28. The minimum Gasteiger partial charge on any atom is -0.467 e. The molecule has 22 heavy (non-hydrogen) atoms. The summed E-state index contributed by atoms with van der Waals surface area (Å²) in [6, 6.07) is -0.689. The first-order valence-electron chi connectivity index (χ1n) is 7.98. The topological polar surface area (TPSA) is 84.9 Å². The Kier molecular flexibility index (Phi) is 7.13. The molecule has 0 heterocycles. The SMILES string of the molecule is COC(=O)[C@H](O)[C@H](CC1CCCCC1)NC(=O)OC(C)(C)C. The molecule has 0 aliphatic heterocycles. The molecule has 6 heteroatoms. The summed E-state index contributed by atoms with van der Waals surface area (Å²) < 4.78 is 9.79. The van der Waals surface area contributed by atoms with Gasteiger partial charge in [-0.3, -0.25) is 0 Å². The van der Waals surface area contributed by atoms with Crippen molar-refractivity contribution in [2.75, 3.05) is 7.11 Å². The summed E-state index contributed by atoms with van der Waals surface area (Å²) in [5.74, 6) is -0.343. The van der Waals surface area contributed by atoms with Crippen LogP contribution in [0, 0.1) is 5.92 Å². The molecule has 0 saturated heterocycles. The maximum atomic E-state index is 11.9. The van der Waals surface area contributed by atoms with E-state index >= 15 is 0 Å². The Hall–Kier alpha value is -1.30. The van der Waals surface area contributed by atoms with E-state index < -0.39 is 29.8 Å². The average Bonchev–Trinajstić information content (AvgIpc) is 2.44. The van der Waals surface area contributed by atoms with Crippen LogP contribution in [0.25, 0.3) is 0 Å². The predicted molar refractivity (Wildman–Crippen MR) is 82.4 cm³/mol. The van der Waals surface area contributed by atoms with Crippen LogP contribution >= 0.6 is 0 Å². The largest absolute Gasteiger partial charge is 0.467 e. The molecule has 2 N–H and O–H groups in total. The summed E-state index contributed by atoms with van der Waals surface area (Å²) in [6.07, 6.45) is 4.18. The van der Waals surface area contributed by atoms with Gasteiger partial charge in [-0.2, -0.15) is 0 Å². The van der Waals surface area contributed by atoms with Crippen molar-refractivity contribution in [3.63, 3.8) is 0 Å². The average molecular weight is 315 g/mol. The second-order valence-electron chi connectivity index (χ2n) is 6.96. The first-order chi connectivity index (χ1) is 10.2. The van der Waals surface area contributed by atoms with Gasteiger partial charge in [0.05, 0.1) is 13.2 Å². The number of ether oxygens (including phenoxy) is 2. The Morgan fingerprint density at radius 2 is 1.82 bits per heavy atom. The number of methoxy groups -OCH3 is 1. The summed E-state index contributed by atoms with van der Waals surface area (Å²) in [4.78, 5) is 23.5. The van der Waals surface area contributed by atoms with Gasteiger partial charge >= 0.3 is 12.1 Å². The Morgan fingerprint density at radius 3 is 2.32 bits per heavy atom. The van der Waals surface area contributed by atoms with Gasteiger partial charge in [-0.25, -0.2) is 9.59 Å². The number of hydrogen-bond acceptors (Lipinski definition) is 5. The number of carbonyl (C=O) groups is 2. The molecule has 1 rings (SSSR count). The van der Waals surface area contributed by atoms with E-state index in [-0.39, 0.29) is 0 Å². The van der Waals surface area contributed by atoms with E-state index in [1.54, 1.807) is 20.8 Å². The molecule has 0 bridgehead atoms. The number of aliphatic hydroxyl groups is 1. The number of aliphatic hydroxyl groups excluding tert-OH is 1. The summed E-state index contributed by atoms with van der Waals surface area (Å²) in [7, 11) is 1.22. The highest BCUT2D eigenvalue weighted by molar-refractivity contribution is 5.76. The van der Waals surface area contributed by atoms with Crippen molar-refractivity contribution in [3.8, 4) is 0 Å². The second-order valence-corrected chi connectivity index (χ2v) is 6.96. The van der Waals surface area contributed by atoms with Crippen LogP contribution in [0.2, 0.25) is 0 Å². The molecule has 128 valence electrons. The van der Waals surface area contributed by atoms with Crippen molar-refractivity contribution in [2.45, 2.75) is 77.0 Å². The van der Waals surface area contributed by atoms with Gasteiger partial charge in [0.2, 0.25) is 0 Å². The van der Waals surface area contributed by atoms with Gasteiger partial charge in [-0.1, -0.05) is 32.1 Å². The molecule has 1 aliphatic carbocycles. The fraction of sp³-hybridized carbons (Fsp3) is 0.875. The molecule has 0 aromatic carbocycles. The van der Waals surface area contributed by atoms with E-state index in [4.69, 9.17) is 4.74 Å². The van der Waals surface area contributed by atoms with Crippen LogP contribution in [0.1, 0.15) is 59.3 Å². The number of amides is 1. The van der Waals surface area contributed by atoms with Crippen LogP contribution in [-0.2, 0) is 14.3 Å². The smallest absolute Gasteiger partial charge is 0.407 e. The van der Waals surface area contributed by atoms with E-state index in [0.717, 1.165) is 25.7 Å². The number of carbonyl (C=O) groups excluding carboxylic acids is 2. The molecule has 2 atom stereocenters. The lowest BCUT2D eigenvalue weighted by atomic mass is 9.83. The predicted octanol–water partition coefficient (Wildman–Crippen LogP) is 2.38. The molecule has 0 aromatic heterocycles. The maximum Gasteiger partial charge on any atom is 0.407 e. The quantitative estimate of drug-likeness (QED) is 0.761. The fourth-order valence-electron chi connectivity index (χ4n) is 2.79. The third-order valence-electron chi connectivity index (χ3n) is 3.84. The molecule has 0 spiro atoms. The van der Waals surface area contributed by atoms with Gasteiger partial charge < -0.3 is 19.9 Å². The van der Waals surface area contributed by atoms with Gasteiger partial charge in [-0.05, 0) is 33.1 Å². The number of rotatable bonds is 5. The molecule has 1 fully saturated rings. The Balaban J connectivity index is 2.68. The highest BCUT2D eigenvalue weighted by Gasteiger charge is 2.32. The van der Waals surface area contributed by atoms with E-state index in [1.165, 1.54) is 13.5 Å². The standard InChI is InChI=1S/C16H29NO5/c1-16(2,3)22-15(20)17-12(13(18)14(19)21-4)10-11-8-6-5-7-9-11/h11-13,18H,5-10H2,1-4H3,(H,17,20)/t12-,13+/m0/s1. The van der Waals surface area contributed by atoms with Gasteiger partial charge in [0.25, 0.3) is 0 Å². The molecule has 0 aromatic rings. The first kappa shape index (κ1) is 18.7. The van der Waals surface area contributed by atoms with Crippen molar-refractivity contribution in [1.82, 2.24) is 5.32 Å². The van der Waals surface area contributed by atoms with Gasteiger partial charge in [-0.15, -0.1) is 0 Å². The zero-order valence-electron chi connectivity index (χ0n) is 14.1. The lowest BCUT2D eigenvalue weighted by molar-refractivity contribution is -0.152. The lowest BCUT2D eigenvalue weighted by Gasteiger charge is -2.30. The van der Waals surface area contributed by atoms with Crippen molar-refractivity contribution in [2.24, 2.45) is 5.92 Å². The van der Waals surface area contributed by atoms with E-state index in [0.29, 0.717) is 12.3 Å². The van der Waals surface area contributed by atoms with E-state index in [2.05, 4.69) is 10.1 Å². The zero-order valence-corrected chi connectivity index (χ0v) is 14.1. The summed E-state index contributed by atoms with van der Waals surface area (Å²) >= 11 is 0. The van der Waals surface area contributed by atoms with Crippen LogP contribution in [-0.4, -0.2) is 42.0 Å². The van der Waals surface area contributed by atoms with Crippen LogP contribution < -0.4 is 5.32 Å². The molecular formula is C16H29NO5. The van der Waals surface area contributed by atoms with Gasteiger partial charge in [0, 0.05) is 0 Å². The van der Waals surface area contributed by atoms with E-state index in [1.807, 2.05) is 0 Å². The van der Waals surface area contributed by atoms with Gasteiger partial charge in [0.1, 0.15) is 5.60 Å². The summed E-state index contributed by atoms with van der Waals surface area (Å²) in [5, 5.41) is 12.7. The number of hydrogen-bond donors (Lipinski definition) is 2. The summed E-state index contributed by atoms with van der Waals surface area (Å²) in [5.41, 5.74) is -0.629. The Bertz CT molecular complexity index is 371. The minimum atomic E-state index is -1.38. The van der Waals surface area contributed by atoms with Crippen LogP contribution in [0.3, 0.4) is 0 Å². The van der Waals surface area contributed by atoms with Crippen LogP contribution in [0.4, 0.5) is 4.79 Å². The fourth-order valence-corrected chi connectivity index (χ4v) is 2.79. The van der Waals surface area contributed by atoms with Crippen molar-refractivity contribution < 1.29 is 24.2 Å². The monoisotopic (exact) mass is 315 g/mol. The van der Waals surface area contributed by atoms with Crippen LogP contribution in [0.5, 0.6) is 0 Å². The van der Waals surface area contributed by atoms with Gasteiger partial charge in [0.15, 0.2) is 6.10 Å². The Morgan fingerprint density at radius 1 is 1.23 bits per heavy atom. The minimum absolute atomic E-state index is 0.396. The first-order valence-corrected chi connectivity index (χ1v) is 7.98. The zero-order chi connectivity index (χ0) is 16.8. The van der Waals surface area contributed by atoms with Crippen LogP contribution in [0.15, 0.2) is 0 Å². The summed E-state index contributed by atoms with van der Waals surface area (Å²) in [6.45, 7) is 5.29.